The predicted molar refractivity (Wildman–Crippen MR) is 83.5 cm³/mol. The largest absolute Gasteiger partial charge is 0.0616 e. The van der Waals surface area contributed by atoms with Gasteiger partial charge >= 0.3 is 0 Å². The zero-order chi connectivity index (χ0) is 13.2. The molecule has 3 rings (SSSR count). The summed E-state index contributed by atoms with van der Waals surface area (Å²) in [5.41, 5.74) is 3.97. The molecule has 0 bridgehead atoms. The van der Waals surface area contributed by atoms with Crippen molar-refractivity contribution in [3.8, 4) is 11.1 Å². The first kappa shape index (κ1) is 12.0. The highest BCUT2D eigenvalue weighted by Crippen LogP contribution is 2.26. The molecule has 0 fully saturated rings. The van der Waals surface area contributed by atoms with Crippen LogP contribution in [0.15, 0.2) is 66.7 Å². The van der Waals surface area contributed by atoms with E-state index in [-0.39, 0.29) is 0 Å². The van der Waals surface area contributed by atoms with E-state index >= 15 is 0 Å². The Kier molecular flexibility index (Phi) is 3.08. The second-order valence-electron chi connectivity index (χ2n) is 5.34. The molecular formula is C19H18. The molecule has 0 aliphatic rings. The van der Waals surface area contributed by atoms with Gasteiger partial charge in [-0.2, -0.15) is 0 Å². The molecule has 0 atom stereocenters. The van der Waals surface area contributed by atoms with Gasteiger partial charge in [0, 0.05) is 0 Å². The fraction of sp³-hybridized carbons (Fsp3) is 0.158. The molecule has 0 saturated carbocycles. The average Bonchev–Trinajstić information content (AvgIpc) is 2.47. The quantitative estimate of drug-likeness (QED) is 0.549. The van der Waals surface area contributed by atoms with Crippen LogP contribution in [0.25, 0.3) is 21.9 Å². The van der Waals surface area contributed by atoms with Gasteiger partial charge in [-0.1, -0.05) is 74.5 Å². The van der Waals surface area contributed by atoms with Crippen LogP contribution in [-0.2, 0) is 0 Å². The summed E-state index contributed by atoms with van der Waals surface area (Å²) < 4.78 is 0. The molecule has 0 saturated heterocycles. The van der Waals surface area contributed by atoms with Crippen molar-refractivity contribution >= 4 is 10.8 Å². The summed E-state index contributed by atoms with van der Waals surface area (Å²) >= 11 is 0. The monoisotopic (exact) mass is 246 g/mol. The number of hydrogen-bond donors (Lipinski definition) is 0. The van der Waals surface area contributed by atoms with Crippen LogP contribution in [0.3, 0.4) is 0 Å². The number of hydrogen-bond acceptors (Lipinski definition) is 0. The van der Waals surface area contributed by atoms with E-state index in [1.54, 1.807) is 0 Å². The molecule has 94 valence electrons. The van der Waals surface area contributed by atoms with Gasteiger partial charge in [0.25, 0.3) is 0 Å². The maximum Gasteiger partial charge on any atom is -0.0178 e. The van der Waals surface area contributed by atoms with Gasteiger partial charge in [-0.3, -0.25) is 0 Å². The van der Waals surface area contributed by atoms with Crippen LogP contribution >= 0.6 is 0 Å². The summed E-state index contributed by atoms with van der Waals surface area (Å²) in [6, 6.07) is 24.1. The Morgan fingerprint density at radius 2 is 1.26 bits per heavy atom. The number of fused-ring (bicyclic) bond motifs is 1. The van der Waals surface area contributed by atoms with Crippen molar-refractivity contribution in [2.75, 3.05) is 0 Å². The molecule has 3 aromatic carbocycles. The lowest BCUT2D eigenvalue weighted by atomic mass is 9.97. The lowest BCUT2D eigenvalue weighted by molar-refractivity contribution is 0.867. The predicted octanol–water partition coefficient (Wildman–Crippen LogP) is 5.63. The first-order chi connectivity index (χ1) is 9.24. The lowest BCUT2D eigenvalue weighted by Gasteiger charge is -2.08. The summed E-state index contributed by atoms with van der Waals surface area (Å²) in [6.45, 7) is 4.45. The highest BCUT2D eigenvalue weighted by Gasteiger charge is 2.02. The molecule has 3 aromatic rings. The third-order valence-electron chi connectivity index (χ3n) is 3.66. The standard InChI is InChI=1S/C19H18/c1-14(2)15-7-9-17(10-8-15)19-12-11-16-5-3-4-6-18(16)13-19/h3-14H,1-2H3. The fourth-order valence-electron chi connectivity index (χ4n) is 2.43. The molecule has 0 nitrogen and oxygen atoms in total. The van der Waals surface area contributed by atoms with Crippen molar-refractivity contribution in [3.63, 3.8) is 0 Å². The second-order valence-corrected chi connectivity index (χ2v) is 5.34. The van der Waals surface area contributed by atoms with Crippen molar-refractivity contribution in [1.82, 2.24) is 0 Å². The SMILES string of the molecule is CC(C)c1ccc(-c2ccc3ccccc3c2)cc1. The maximum atomic E-state index is 2.26. The van der Waals surface area contributed by atoms with E-state index in [4.69, 9.17) is 0 Å². The van der Waals surface area contributed by atoms with Gasteiger partial charge in [0.1, 0.15) is 0 Å². The molecule has 0 heterocycles. The Hall–Kier alpha value is -2.08. The summed E-state index contributed by atoms with van der Waals surface area (Å²) in [6.07, 6.45) is 0. The van der Waals surface area contributed by atoms with Gasteiger partial charge in [0.2, 0.25) is 0 Å². The van der Waals surface area contributed by atoms with E-state index in [0.29, 0.717) is 5.92 Å². The minimum atomic E-state index is 0.589. The third-order valence-corrected chi connectivity index (χ3v) is 3.66. The van der Waals surface area contributed by atoms with Crippen molar-refractivity contribution in [2.45, 2.75) is 19.8 Å². The Morgan fingerprint density at radius 1 is 0.632 bits per heavy atom. The third kappa shape index (κ3) is 2.39. The molecule has 0 radical (unpaired) electrons. The molecule has 0 aliphatic heterocycles. The molecule has 0 amide bonds. The van der Waals surface area contributed by atoms with Crippen LogP contribution in [0, 0.1) is 0 Å². The van der Waals surface area contributed by atoms with Gasteiger partial charge in [-0.25, -0.2) is 0 Å². The Morgan fingerprint density at radius 3 is 1.95 bits per heavy atom. The molecular weight excluding hydrogens is 228 g/mol. The van der Waals surface area contributed by atoms with Crippen molar-refractivity contribution in [1.29, 1.82) is 0 Å². The Labute approximate surface area is 114 Å². The molecule has 0 N–H and O–H groups in total. The van der Waals surface area contributed by atoms with E-state index in [0.717, 1.165) is 0 Å². The summed E-state index contributed by atoms with van der Waals surface area (Å²) in [5.74, 6) is 0.589. The van der Waals surface area contributed by atoms with Crippen LogP contribution in [0.4, 0.5) is 0 Å². The van der Waals surface area contributed by atoms with Crippen molar-refractivity contribution < 1.29 is 0 Å². The van der Waals surface area contributed by atoms with Gasteiger partial charge in [0.05, 0.1) is 0 Å². The Balaban J connectivity index is 2.03. The zero-order valence-corrected chi connectivity index (χ0v) is 11.4. The van der Waals surface area contributed by atoms with Gasteiger partial charge in [-0.15, -0.1) is 0 Å². The van der Waals surface area contributed by atoms with Crippen LogP contribution < -0.4 is 0 Å². The molecule has 19 heavy (non-hydrogen) atoms. The highest BCUT2D eigenvalue weighted by atomic mass is 14.1. The second kappa shape index (κ2) is 4.89. The number of rotatable bonds is 2. The van der Waals surface area contributed by atoms with Gasteiger partial charge < -0.3 is 0 Å². The van der Waals surface area contributed by atoms with E-state index < -0.39 is 0 Å². The maximum absolute atomic E-state index is 2.26. The van der Waals surface area contributed by atoms with Gasteiger partial charge in [0.15, 0.2) is 0 Å². The lowest BCUT2D eigenvalue weighted by Crippen LogP contribution is -1.86. The van der Waals surface area contributed by atoms with E-state index in [2.05, 4.69) is 80.6 Å². The minimum Gasteiger partial charge on any atom is -0.0616 e. The normalized spacial score (nSPS) is 11.1. The van der Waals surface area contributed by atoms with E-state index in [1.165, 1.54) is 27.5 Å². The molecule has 0 aliphatic carbocycles. The van der Waals surface area contributed by atoms with E-state index in [1.807, 2.05) is 0 Å². The van der Waals surface area contributed by atoms with Crippen molar-refractivity contribution in [3.05, 3.63) is 72.3 Å². The summed E-state index contributed by atoms with van der Waals surface area (Å²) in [5, 5.41) is 2.60. The van der Waals surface area contributed by atoms with E-state index in [9.17, 15) is 0 Å². The van der Waals surface area contributed by atoms with Crippen molar-refractivity contribution in [2.24, 2.45) is 0 Å². The van der Waals surface area contributed by atoms with Crippen LogP contribution in [-0.4, -0.2) is 0 Å². The molecule has 0 unspecified atom stereocenters. The fourth-order valence-corrected chi connectivity index (χ4v) is 2.43. The summed E-state index contributed by atoms with van der Waals surface area (Å²) in [7, 11) is 0. The Bertz CT molecular complexity index is 691. The van der Waals surface area contributed by atoms with Crippen LogP contribution in [0.1, 0.15) is 25.3 Å². The average molecular weight is 246 g/mol. The topological polar surface area (TPSA) is 0 Å². The zero-order valence-electron chi connectivity index (χ0n) is 11.4. The molecule has 0 aromatic heterocycles. The molecule has 0 heteroatoms. The van der Waals surface area contributed by atoms with Gasteiger partial charge in [-0.05, 0) is 39.4 Å². The number of benzene rings is 3. The molecule has 0 spiro atoms. The summed E-state index contributed by atoms with van der Waals surface area (Å²) in [4.78, 5) is 0. The first-order valence-electron chi connectivity index (χ1n) is 6.83. The first-order valence-corrected chi connectivity index (χ1v) is 6.83. The smallest absolute Gasteiger partial charge is 0.0178 e. The highest BCUT2D eigenvalue weighted by molar-refractivity contribution is 5.87. The van der Waals surface area contributed by atoms with Crippen LogP contribution in [0.2, 0.25) is 0 Å². The minimum absolute atomic E-state index is 0.589. The van der Waals surface area contributed by atoms with Crippen LogP contribution in [0.5, 0.6) is 0 Å².